The summed E-state index contributed by atoms with van der Waals surface area (Å²) in [5.74, 6) is 0.884. The van der Waals surface area contributed by atoms with Gasteiger partial charge in [0.15, 0.2) is 6.54 Å². The highest BCUT2D eigenvalue weighted by atomic mass is 16.1. The number of aryl methyl sites for hydroxylation is 2. The minimum Gasteiger partial charge on any atom is -0.290 e. The van der Waals surface area contributed by atoms with Gasteiger partial charge < -0.3 is 0 Å². The second-order valence-corrected chi connectivity index (χ2v) is 3.80. The monoisotopic (exact) mass is 231 g/mol. The first-order chi connectivity index (χ1) is 8.20. The van der Waals surface area contributed by atoms with Gasteiger partial charge in [-0.1, -0.05) is 37.3 Å². The number of tetrazole rings is 1. The molecule has 2 rings (SSSR count). The first-order valence-corrected chi connectivity index (χ1v) is 5.59. The Labute approximate surface area is 99.7 Å². The predicted octanol–water partition coefficient (Wildman–Crippen LogP) is 0.548. The van der Waals surface area contributed by atoms with Gasteiger partial charge in [-0.3, -0.25) is 4.79 Å². The van der Waals surface area contributed by atoms with Gasteiger partial charge >= 0.3 is 0 Å². The molecule has 0 radical (unpaired) electrons. The zero-order chi connectivity index (χ0) is 12.3. The van der Waals surface area contributed by atoms with Crippen molar-refractivity contribution in [3.63, 3.8) is 0 Å². The zero-order valence-corrected chi connectivity index (χ0v) is 10.00. The van der Waals surface area contributed by atoms with Gasteiger partial charge in [0.05, 0.1) is 17.4 Å². The van der Waals surface area contributed by atoms with Gasteiger partial charge in [0, 0.05) is 12.0 Å². The normalized spacial score (nSPS) is 10.5. The maximum atomic E-state index is 11.9. The van der Waals surface area contributed by atoms with Crippen molar-refractivity contribution in [3.05, 3.63) is 41.7 Å². The first-order valence-electron chi connectivity index (χ1n) is 5.59. The fourth-order valence-electron chi connectivity index (χ4n) is 1.63. The molecule has 0 saturated heterocycles. The summed E-state index contributed by atoms with van der Waals surface area (Å²) in [6.07, 6.45) is 0.802. The van der Waals surface area contributed by atoms with Crippen LogP contribution in [0.1, 0.15) is 23.1 Å². The highest BCUT2D eigenvalue weighted by Gasteiger charge is 2.17. The summed E-state index contributed by atoms with van der Waals surface area (Å²) in [5, 5.41) is 8.39. The third kappa shape index (κ3) is 2.55. The maximum absolute atomic E-state index is 11.9. The van der Waals surface area contributed by atoms with E-state index in [1.54, 1.807) is 16.8 Å². The van der Waals surface area contributed by atoms with Crippen molar-refractivity contribution in [2.45, 2.75) is 19.9 Å². The molecule has 0 fully saturated rings. The van der Waals surface area contributed by atoms with E-state index in [1.165, 1.54) is 4.80 Å². The molecule has 0 saturated carbocycles. The van der Waals surface area contributed by atoms with Gasteiger partial charge in [0.2, 0.25) is 5.78 Å². The van der Waals surface area contributed by atoms with Crippen LogP contribution in [0.15, 0.2) is 30.3 Å². The molecule has 0 N–H and O–H groups in total. The molecule has 2 aromatic rings. The van der Waals surface area contributed by atoms with Gasteiger partial charge in [-0.05, 0) is 4.80 Å². The fourth-order valence-corrected chi connectivity index (χ4v) is 1.63. The van der Waals surface area contributed by atoms with Crippen molar-refractivity contribution in [1.29, 1.82) is 0 Å². The average Bonchev–Trinajstić information content (AvgIpc) is 2.70. The molecule has 17 heavy (non-hydrogen) atoms. The lowest BCUT2D eigenvalue weighted by molar-refractivity contribution is -0.739. The lowest BCUT2D eigenvalue weighted by atomic mass is 10.1. The quantitative estimate of drug-likeness (QED) is 0.570. The molecule has 88 valence electrons. The molecule has 0 bridgehead atoms. The lowest BCUT2D eigenvalue weighted by Gasteiger charge is -1.94. The van der Waals surface area contributed by atoms with E-state index in [2.05, 4.69) is 10.3 Å². The number of Topliss-reactive ketones (excluding diaryl/α,β-unsaturated/α-hetero) is 1. The van der Waals surface area contributed by atoms with Gasteiger partial charge in [-0.25, -0.2) is 0 Å². The van der Waals surface area contributed by atoms with Crippen molar-refractivity contribution in [2.24, 2.45) is 7.05 Å². The molecular weight excluding hydrogens is 216 g/mol. The third-order valence-electron chi connectivity index (χ3n) is 2.54. The standard InChI is InChI=1S/C12H15N4O/c1-3-12-13-16(14-15(12)2)9-11(17)10-7-5-4-6-8-10/h4-8H,3,9H2,1-2H3/q+1. The van der Waals surface area contributed by atoms with Crippen molar-refractivity contribution >= 4 is 5.78 Å². The van der Waals surface area contributed by atoms with Crippen LogP contribution in [0.3, 0.4) is 0 Å². The van der Waals surface area contributed by atoms with E-state index >= 15 is 0 Å². The number of hydrogen-bond donors (Lipinski definition) is 0. The highest BCUT2D eigenvalue weighted by Crippen LogP contribution is 2.00. The van der Waals surface area contributed by atoms with E-state index in [1.807, 2.05) is 32.2 Å². The predicted molar refractivity (Wildman–Crippen MR) is 61.3 cm³/mol. The summed E-state index contributed by atoms with van der Waals surface area (Å²) in [4.78, 5) is 13.4. The van der Waals surface area contributed by atoms with Crippen LogP contribution >= 0.6 is 0 Å². The number of benzene rings is 1. The maximum Gasteiger partial charge on any atom is 0.297 e. The second kappa shape index (κ2) is 4.86. The minimum absolute atomic E-state index is 0.0175. The van der Waals surface area contributed by atoms with Crippen LogP contribution in [-0.2, 0) is 20.0 Å². The molecule has 1 aromatic carbocycles. The van der Waals surface area contributed by atoms with Gasteiger partial charge in [-0.15, -0.1) is 4.68 Å². The van der Waals surface area contributed by atoms with Crippen LogP contribution in [0.25, 0.3) is 0 Å². The summed E-state index contributed by atoms with van der Waals surface area (Å²) >= 11 is 0. The van der Waals surface area contributed by atoms with E-state index < -0.39 is 0 Å². The zero-order valence-electron chi connectivity index (χ0n) is 10.00. The van der Waals surface area contributed by atoms with E-state index in [9.17, 15) is 4.79 Å². The SMILES string of the molecule is CCc1nn(CC(=O)c2ccccc2)n[n+]1C. The smallest absolute Gasteiger partial charge is 0.290 e. The summed E-state index contributed by atoms with van der Waals surface area (Å²) in [6.45, 7) is 2.19. The van der Waals surface area contributed by atoms with E-state index in [4.69, 9.17) is 0 Å². The van der Waals surface area contributed by atoms with Crippen LogP contribution in [0, 0.1) is 0 Å². The molecule has 0 amide bonds. The van der Waals surface area contributed by atoms with Crippen molar-refractivity contribution < 1.29 is 9.48 Å². The summed E-state index contributed by atoms with van der Waals surface area (Å²) in [5.41, 5.74) is 0.686. The molecule has 1 heterocycles. The van der Waals surface area contributed by atoms with Crippen molar-refractivity contribution in [1.82, 2.24) is 15.1 Å². The number of ketones is 1. The number of nitrogens with zero attached hydrogens (tertiary/aromatic N) is 4. The number of carbonyl (C=O) groups excluding carboxylic acids is 1. The van der Waals surface area contributed by atoms with E-state index in [-0.39, 0.29) is 12.3 Å². The lowest BCUT2D eigenvalue weighted by Crippen LogP contribution is -2.35. The fraction of sp³-hybridized carbons (Fsp3) is 0.333. The molecule has 5 nitrogen and oxygen atoms in total. The Bertz CT molecular complexity index is 519. The topological polar surface area (TPSA) is 51.7 Å². The van der Waals surface area contributed by atoms with E-state index in [0.717, 1.165) is 12.2 Å². The van der Waals surface area contributed by atoms with Gasteiger partial charge in [-0.2, -0.15) is 0 Å². The first kappa shape index (κ1) is 11.4. The number of hydrogen-bond acceptors (Lipinski definition) is 3. The molecule has 1 aromatic heterocycles. The van der Waals surface area contributed by atoms with Crippen LogP contribution in [0.4, 0.5) is 0 Å². The molecule has 5 heteroatoms. The van der Waals surface area contributed by atoms with Crippen LogP contribution in [-0.4, -0.2) is 20.9 Å². The Kier molecular flexibility index (Phi) is 3.27. The third-order valence-corrected chi connectivity index (χ3v) is 2.54. The van der Waals surface area contributed by atoms with Crippen LogP contribution < -0.4 is 4.68 Å². The second-order valence-electron chi connectivity index (χ2n) is 3.80. The van der Waals surface area contributed by atoms with Gasteiger partial charge in [0.1, 0.15) is 0 Å². The van der Waals surface area contributed by atoms with Crippen molar-refractivity contribution in [2.75, 3.05) is 0 Å². The Hall–Kier alpha value is -2.04. The molecule has 0 spiro atoms. The Morgan fingerprint density at radius 2 is 2.06 bits per heavy atom. The summed E-state index contributed by atoms with van der Waals surface area (Å²) in [7, 11) is 1.83. The largest absolute Gasteiger partial charge is 0.297 e. The molecule has 0 unspecified atom stereocenters. The molecule has 0 atom stereocenters. The van der Waals surface area contributed by atoms with Crippen molar-refractivity contribution in [3.8, 4) is 0 Å². The van der Waals surface area contributed by atoms with Crippen LogP contribution in [0.5, 0.6) is 0 Å². The molecule has 0 aliphatic carbocycles. The molecular formula is C12H15N4O+. The number of rotatable bonds is 4. The highest BCUT2D eigenvalue weighted by molar-refractivity contribution is 5.95. The molecule has 0 aliphatic heterocycles. The Morgan fingerprint density at radius 3 is 2.65 bits per heavy atom. The average molecular weight is 231 g/mol. The minimum atomic E-state index is 0.0175. The van der Waals surface area contributed by atoms with Gasteiger partial charge in [0.25, 0.3) is 5.82 Å². The van der Waals surface area contributed by atoms with Crippen LogP contribution in [0.2, 0.25) is 0 Å². The number of aromatic nitrogens is 4. The van der Waals surface area contributed by atoms with E-state index in [0.29, 0.717) is 5.56 Å². The Balaban J connectivity index is 2.13. The number of carbonyl (C=O) groups is 1. The Morgan fingerprint density at radius 1 is 1.35 bits per heavy atom. The summed E-state index contributed by atoms with van der Waals surface area (Å²) < 4.78 is 1.69. The molecule has 0 aliphatic rings. The summed E-state index contributed by atoms with van der Waals surface area (Å²) in [6, 6.07) is 9.18.